The second kappa shape index (κ2) is 7.11. The maximum Gasteiger partial charge on any atom is 0.330 e. The van der Waals surface area contributed by atoms with Crippen LogP contribution in [0, 0.1) is 0 Å². The van der Waals surface area contributed by atoms with Crippen molar-refractivity contribution in [1.82, 2.24) is 0 Å². The van der Waals surface area contributed by atoms with Crippen LogP contribution in [0.2, 0.25) is 18.1 Å². The fourth-order valence-corrected chi connectivity index (χ4v) is 3.61. The summed E-state index contributed by atoms with van der Waals surface area (Å²) < 4.78 is 29.0. The standard InChI is InChI=1S/C18H32O6Si/c1-9-20-14(19)10-12-13(11-21-25(7,8)17(2,3)4)22-16-15(12)23-18(5,6)24-16/h10,13,15-16H,9,11H2,1-8H3/b12-10-/t13-,15-,16-/m1/s1. The van der Waals surface area contributed by atoms with E-state index in [2.05, 4.69) is 33.9 Å². The summed E-state index contributed by atoms with van der Waals surface area (Å²) in [5.74, 6) is -1.14. The third-order valence-electron chi connectivity index (χ3n) is 5.03. The molecule has 0 radical (unpaired) electrons. The Bertz CT molecular complexity index is 534. The van der Waals surface area contributed by atoms with Crippen LogP contribution in [0.15, 0.2) is 11.6 Å². The summed E-state index contributed by atoms with van der Waals surface area (Å²) in [6.45, 7) is 17.1. The van der Waals surface area contributed by atoms with Gasteiger partial charge in [-0.3, -0.25) is 0 Å². The van der Waals surface area contributed by atoms with Crippen LogP contribution in [0.25, 0.3) is 0 Å². The molecule has 25 heavy (non-hydrogen) atoms. The van der Waals surface area contributed by atoms with Gasteiger partial charge in [0.15, 0.2) is 20.4 Å². The molecule has 0 aliphatic carbocycles. The number of fused-ring (bicyclic) bond motifs is 1. The van der Waals surface area contributed by atoms with Crippen LogP contribution in [-0.2, 0) is 28.2 Å². The molecule has 0 aromatic rings. The summed E-state index contributed by atoms with van der Waals surface area (Å²) in [5, 5.41) is 0.0987. The molecule has 2 heterocycles. The van der Waals surface area contributed by atoms with Crippen LogP contribution in [0.1, 0.15) is 41.5 Å². The first-order valence-electron chi connectivity index (χ1n) is 8.89. The van der Waals surface area contributed by atoms with Crippen molar-refractivity contribution in [2.45, 2.75) is 84.0 Å². The summed E-state index contributed by atoms with van der Waals surface area (Å²) in [4.78, 5) is 12.0. The monoisotopic (exact) mass is 372 g/mol. The molecule has 2 saturated heterocycles. The van der Waals surface area contributed by atoms with Crippen LogP contribution >= 0.6 is 0 Å². The highest BCUT2D eigenvalue weighted by atomic mass is 28.4. The first-order chi connectivity index (χ1) is 11.4. The average molecular weight is 373 g/mol. The number of rotatable bonds is 5. The van der Waals surface area contributed by atoms with Crippen molar-refractivity contribution in [2.24, 2.45) is 0 Å². The molecular formula is C18H32O6Si. The number of hydrogen-bond acceptors (Lipinski definition) is 6. The van der Waals surface area contributed by atoms with Crippen molar-refractivity contribution >= 4 is 14.3 Å². The lowest BCUT2D eigenvalue weighted by atomic mass is 10.1. The van der Waals surface area contributed by atoms with Gasteiger partial charge in [-0.05, 0) is 38.9 Å². The lowest BCUT2D eigenvalue weighted by Gasteiger charge is -2.37. The highest BCUT2D eigenvalue weighted by Gasteiger charge is 2.52. The zero-order valence-corrected chi connectivity index (χ0v) is 17.7. The Kier molecular flexibility index (Phi) is 5.86. The number of carbonyl (C=O) groups is 1. The molecule has 2 aliphatic heterocycles. The van der Waals surface area contributed by atoms with Gasteiger partial charge in [0, 0.05) is 11.6 Å². The summed E-state index contributed by atoms with van der Waals surface area (Å²) in [5.41, 5.74) is 0.729. The summed E-state index contributed by atoms with van der Waals surface area (Å²) in [6.07, 6.45) is 0.166. The predicted octanol–water partition coefficient (Wildman–Crippen LogP) is 3.37. The van der Waals surface area contributed by atoms with E-state index in [4.69, 9.17) is 23.4 Å². The van der Waals surface area contributed by atoms with Gasteiger partial charge in [-0.25, -0.2) is 4.79 Å². The molecule has 0 saturated carbocycles. The van der Waals surface area contributed by atoms with Crippen molar-refractivity contribution in [1.29, 1.82) is 0 Å². The minimum absolute atomic E-state index is 0.0987. The molecule has 0 unspecified atom stereocenters. The minimum atomic E-state index is -1.93. The molecule has 0 amide bonds. The Balaban J connectivity index is 2.15. The van der Waals surface area contributed by atoms with E-state index in [0.29, 0.717) is 13.2 Å². The zero-order valence-electron chi connectivity index (χ0n) is 16.7. The van der Waals surface area contributed by atoms with Crippen LogP contribution in [0.4, 0.5) is 0 Å². The predicted molar refractivity (Wildman–Crippen MR) is 96.6 cm³/mol. The molecule has 2 fully saturated rings. The second-order valence-electron chi connectivity index (χ2n) is 8.52. The summed E-state index contributed by atoms with van der Waals surface area (Å²) in [7, 11) is -1.93. The molecule has 0 aromatic heterocycles. The molecule has 3 atom stereocenters. The molecule has 0 N–H and O–H groups in total. The van der Waals surface area contributed by atoms with E-state index >= 15 is 0 Å². The molecule has 2 rings (SSSR count). The number of ether oxygens (including phenoxy) is 4. The number of carbonyl (C=O) groups excluding carboxylic acids is 1. The molecular weight excluding hydrogens is 340 g/mol. The van der Waals surface area contributed by atoms with Crippen LogP contribution in [0.5, 0.6) is 0 Å². The minimum Gasteiger partial charge on any atom is -0.463 e. The van der Waals surface area contributed by atoms with E-state index in [-0.39, 0.29) is 11.1 Å². The van der Waals surface area contributed by atoms with Crippen molar-refractivity contribution in [3.63, 3.8) is 0 Å². The van der Waals surface area contributed by atoms with Gasteiger partial charge in [-0.1, -0.05) is 20.8 Å². The smallest absolute Gasteiger partial charge is 0.330 e. The highest BCUT2D eigenvalue weighted by Crippen LogP contribution is 2.42. The average Bonchev–Trinajstić information content (AvgIpc) is 2.89. The first kappa shape index (κ1) is 20.6. The molecule has 7 heteroatoms. The van der Waals surface area contributed by atoms with Gasteiger partial charge < -0.3 is 23.4 Å². The Morgan fingerprint density at radius 1 is 1.28 bits per heavy atom. The van der Waals surface area contributed by atoms with Crippen LogP contribution < -0.4 is 0 Å². The van der Waals surface area contributed by atoms with Crippen molar-refractivity contribution < 1.29 is 28.2 Å². The Hall–Kier alpha value is -0.733. The highest BCUT2D eigenvalue weighted by molar-refractivity contribution is 6.74. The second-order valence-corrected chi connectivity index (χ2v) is 13.3. The quantitative estimate of drug-likeness (QED) is 0.419. The van der Waals surface area contributed by atoms with E-state index in [1.54, 1.807) is 6.92 Å². The maximum absolute atomic E-state index is 12.0. The molecule has 6 nitrogen and oxygen atoms in total. The van der Waals surface area contributed by atoms with Gasteiger partial charge in [0.25, 0.3) is 0 Å². The fourth-order valence-electron chi connectivity index (χ4n) is 2.61. The summed E-state index contributed by atoms with van der Waals surface area (Å²) in [6, 6.07) is 0. The van der Waals surface area contributed by atoms with Gasteiger partial charge in [0.1, 0.15) is 12.2 Å². The Morgan fingerprint density at radius 3 is 2.48 bits per heavy atom. The largest absolute Gasteiger partial charge is 0.463 e. The van der Waals surface area contributed by atoms with Gasteiger partial charge >= 0.3 is 5.97 Å². The van der Waals surface area contributed by atoms with Crippen molar-refractivity contribution in [3.8, 4) is 0 Å². The van der Waals surface area contributed by atoms with Crippen LogP contribution in [-0.4, -0.2) is 51.8 Å². The van der Waals surface area contributed by atoms with Crippen molar-refractivity contribution in [2.75, 3.05) is 13.2 Å². The molecule has 144 valence electrons. The lowest BCUT2D eigenvalue weighted by Crippen LogP contribution is -2.43. The zero-order chi connectivity index (χ0) is 19.0. The van der Waals surface area contributed by atoms with Crippen LogP contribution in [0.3, 0.4) is 0 Å². The normalized spacial score (nSPS) is 30.6. The van der Waals surface area contributed by atoms with Gasteiger partial charge in [-0.15, -0.1) is 0 Å². The third kappa shape index (κ3) is 4.71. The number of esters is 1. The molecule has 0 spiro atoms. The third-order valence-corrected chi connectivity index (χ3v) is 9.53. The Labute approximate surface area is 151 Å². The number of hydrogen-bond donors (Lipinski definition) is 0. The maximum atomic E-state index is 12.0. The van der Waals surface area contributed by atoms with E-state index in [1.807, 2.05) is 13.8 Å². The molecule has 0 aromatic carbocycles. The van der Waals surface area contributed by atoms with Crippen molar-refractivity contribution in [3.05, 3.63) is 11.6 Å². The molecule has 0 bridgehead atoms. The fraction of sp³-hybridized carbons (Fsp3) is 0.833. The van der Waals surface area contributed by atoms with Gasteiger partial charge in [0.05, 0.1) is 13.2 Å². The van der Waals surface area contributed by atoms with E-state index in [1.165, 1.54) is 6.08 Å². The topological polar surface area (TPSA) is 63.2 Å². The lowest BCUT2D eigenvalue weighted by molar-refractivity contribution is -0.202. The Morgan fingerprint density at radius 2 is 1.92 bits per heavy atom. The van der Waals surface area contributed by atoms with E-state index < -0.39 is 32.5 Å². The van der Waals surface area contributed by atoms with E-state index in [0.717, 1.165) is 5.57 Å². The van der Waals surface area contributed by atoms with E-state index in [9.17, 15) is 4.79 Å². The first-order valence-corrected chi connectivity index (χ1v) is 11.8. The molecule has 2 aliphatic rings. The van der Waals surface area contributed by atoms with Gasteiger partial charge in [0.2, 0.25) is 0 Å². The SMILES string of the molecule is CCOC(=O)/C=C1\[C@H]2OC(C)(C)O[C@H]2O[C@@H]1CO[Si](C)(C)C(C)(C)C. The summed E-state index contributed by atoms with van der Waals surface area (Å²) >= 11 is 0. The van der Waals surface area contributed by atoms with Gasteiger partial charge in [-0.2, -0.15) is 0 Å².